The number of hydrogen-bond acceptors (Lipinski definition) is 5. The fourth-order valence-electron chi connectivity index (χ4n) is 2.20. The molecule has 0 saturated heterocycles. The fraction of sp³-hybridized carbons (Fsp3) is 0.111. The number of nitrogens with zero attached hydrogens (tertiary/aromatic N) is 1. The first-order valence-corrected chi connectivity index (χ1v) is 10.2. The Bertz CT molecular complexity index is 946. The van der Waals surface area contributed by atoms with E-state index in [4.69, 9.17) is 28.9 Å². The molecule has 0 fully saturated rings. The highest BCUT2D eigenvalue weighted by Gasteiger charge is 2.17. The number of hydrogen-bond donors (Lipinski definition) is 2. The zero-order valence-electron chi connectivity index (χ0n) is 13.7. The van der Waals surface area contributed by atoms with Crippen LogP contribution in [0.5, 0.6) is 0 Å². The lowest BCUT2D eigenvalue weighted by atomic mass is 10.2. The van der Waals surface area contributed by atoms with E-state index < -0.39 is 0 Å². The summed E-state index contributed by atoms with van der Waals surface area (Å²) in [6, 6.07) is 12.7. The quantitative estimate of drug-likeness (QED) is 0.400. The number of rotatable bonds is 5. The Hall–Kier alpha value is -1.73. The Morgan fingerprint density at radius 2 is 2.08 bits per heavy atom. The number of thiazole rings is 1. The SMILES string of the molecule is CC(Sc1cccc(N)c1)C(=O)Nc1nc(-c2ccc(Cl)cc2Cl)cs1. The van der Waals surface area contributed by atoms with Gasteiger partial charge in [0, 0.05) is 26.5 Å². The average molecular weight is 424 g/mol. The predicted octanol–water partition coefficient (Wildman–Crippen LogP) is 5.82. The van der Waals surface area contributed by atoms with Crippen LogP contribution in [0.1, 0.15) is 6.92 Å². The van der Waals surface area contributed by atoms with E-state index in [0.29, 0.717) is 26.6 Å². The minimum atomic E-state index is -0.289. The topological polar surface area (TPSA) is 68.0 Å². The number of nitrogens with one attached hydrogen (secondary N) is 1. The van der Waals surface area contributed by atoms with Crippen LogP contribution in [0, 0.1) is 0 Å². The zero-order valence-corrected chi connectivity index (χ0v) is 16.8. The molecule has 8 heteroatoms. The van der Waals surface area contributed by atoms with E-state index in [0.717, 1.165) is 10.5 Å². The number of benzene rings is 2. The van der Waals surface area contributed by atoms with Crippen molar-refractivity contribution in [1.29, 1.82) is 0 Å². The van der Waals surface area contributed by atoms with E-state index in [-0.39, 0.29) is 11.2 Å². The zero-order chi connectivity index (χ0) is 18.7. The summed E-state index contributed by atoms with van der Waals surface area (Å²) < 4.78 is 0. The molecule has 0 spiro atoms. The highest BCUT2D eigenvalue weighted by molar-refractivity contribution is 8.00. The Labute approximate surface area is 169 Å². The molecule has 3 aromatic rings. The summed E-state index contributed by atoms with van der Waals surface area (Å²) >= 11 is 14.9. The van der Waals surface area contributed by atoms with Gasteiger partial charge in [0.1, 0.15) is 0 Å². The van der Waals surface area contributed by atoms with Gasteiger partial charge in [-0.05, 0) is 43.3 Å². The van der Waals surface area contributed by atoms with Crippen molar-refractivity contribution in [3.8, 4) is 11.3 Å². The normalized spacial score (nSPS) is 12.0. The van der Waals surface area contributed by atoms with Crippen LogP contribution in [-0.4, -0.2) is 16.1 Å². The fourth-order valence-corrected chi connectivity index (χ4v) is 4.36. The Morgan fingerprint density at radius 1 is 1.27 bits per heavy atom. The molecule has 0 aliphatic heterocycles. The van der Waals surface area contributed by atoms with Crippen LogP contribution in [0.15, 0.2) is 52.7 Å². The first-order valence-electron chi connectivity index (χ1n) is 7.66. The Kier molecular flexibility index (Phi) is 6.09. The number of halogens is 2. The molecule has 2 aromatic carbocycles. The number of carbonyl (C=O) groups is 1. The van der Waals surface area contributed by atoms with Crippen LogP contribution in [0.25, 0.3) is 11.3 Å². The lowest BCUT2D eigenvalue weighted by Gasteiger charge is -2.10. The van der Waals surface area contributed by atoms with Gasteiger partial charge in [0.2, 0.25) is 5.91 Å². The van der Waals surface area contributed by atoms with E-state index in [1.807, 2.05) is 42.6 Å². The largest absolute Gasteiger partial charge is 0.399 e. The minimum absolute atomic E-state index is 0.125. The minimum Gasteiger partial charge on any atom is -0.399 e. The molecular formula is C18H15Cl2N3OS2. The van der Waals surface area contributed by atoms with Gasteiger partial charge in [-0.15, -0.1) is 23.1 Å². The molecule has 0 bridgehead atoms. The average Bonchev–Trinajstić information content (AvgIpc) is 3.03. The van der Waals surface area contributed by atoms with Gasteiger partial charge in [0.05, 0.1) is 16.0 Å². The summed E-state index contributed by atoms with van der Waals surface area (Å²) in [4.78, 5) is 17.8. The summed E-state index contributed by atoms with van der Waals surface area (Å²) in [5.41, 5.74) is 7.92. The number of nitrogens with two attached hydrogens (primary N) is 1. The van der Waals surface area contributed by atoms with Crippen molar-refractivity contribution in [3.05, 3.63) is 57.9 Å². The predicted molar refractivity (Wildman–Crippen MR) is 112 cm³/mol. The standard InChI is InChI=1S/C18H15Cl2N3OS2/c1-10(26-13-4-2-3-12(21)8-13)17(24)23-18-22-16(9-25-18)14-6-5-11(19)7-15(14)20/h2-10H,21H2,1H3,(H,22,23,24). The van der Waals surface area contributed by atoms with Crippen molar-refractivity contribution in [2.75, 3.05) is 11.1 Å². The van der Waals surface area contributed by atoms with Gasteiger partial charge in [0.25, 0.3) is 0 Å². The highest BCUT2D eigenvalue weighted by Crippen LogP contribution is 2.33. The third kappa shape index (κ3) is 4.71. The molecule has 1 aromatic heterocycles. The number of carbonyl (C=O) groups excluding carboxylic acids is 1. The lowest BCUT2D eigenvalue weighted by molar-refractivity contribution is -0.115. The Balaban J connectivity index is 1.67. The molecule has 1 atom stereocenters. The van der Waals surface area contributed by atoms with Crippen molar-refractivity contribution in [2.24, 2.45) is 0 Å². The second-order valence-corrected chi connectivity index (χ2v) is 8.60. The summed E-state index contributed by atoms with van der Waals surface area (Å²) in [6.45, 7) is 1.84. The molecule has 3 N–H and O–H groups in total. The van der Waals surface area contributed by atoms with Crippen molar-refractivity contribution in [3.63, 3.8) is 0 Å². The summed E-state index contributed by atoms with van der Waals surface area (Å²) in [7, 11) is 0. The third-order valence-corrected chi connectivity index (χ3v) is 5.88. The van der Waals surface area contributed by atoms with Crippen LogP contribution >= 0.6 is 46.3 Å². The summed E-state index contributed by atoms with van der Waals surface area (Å²) in [5, 5.41) is 6.01. The molecule has 4 nitrogen and oxygen atoms in total. The van der Waals surface area contributed by atoms with Gasteiger partial charge in [-0.1, -0.05) is 29.3 Å². The maximum Gasteiger partial charge on any atom is 0.239 e. The maximum absolute atomic E-state index is 12.4. The van der Waals surface area contributed by atoms with Gasteiger partial charge in [-0.3, -0.25) is 4.79 Å². The smallest absolute Gasteiger partial charge is 0.239 e. The molecule has 1 unspecified atom stereocenters. The van der Waals surface area contributed by atoms with Gasteiger partial charge >= 0.3 is 0 Å². The maximum atomic E-state index is 12.4. The second-order valence-electron chi connectivity index (χ2n) is 5.48. The first-order chi connectivity index (χ1) is 12.4. The lowest BCUT2D eigenvalue weighted by Crippen LogP contribution is -2.22. The van der Waals surface area contributed by atoms with E-state index in [9.17, 15) is 4.79 Å². The van der Waals surface area contributed by atoms with Crippen LogP contribution in [-0.2, 0) is 4.79 Å². The number of thioether (sulfide) groups is 1. The molecule has 0 aliphatic carbocycles. The van der Waals surface area contributed by atoms with Crippen molar-refractivity contribution in [2.45, 2.75) is 17.1 Å². The molecule has 0 aliphatic rings. The van der Waals surface area contributed by atoms with Crippen LogP contribution in [0.4, 0.5) is 10.8 Å². The van der Waals surface area contributed by atoms with Crippen molar-refractivity contribution in [1.82, 2.24) is 4.98 Å². The van der Waals surface area contributed by atoms with E-state index in [2.05, 4.69) is 10.3 Å². The van der Waals surface area contributed by atoms with Crippen molar-refractivity contribution < 1.29 is 4.79 Å². The van der Waals surface area contributed by atoms with Gasteiger partial charge in [-0.25, -0.2) is 4.98 Å². The monoisotopic (exact) mass is 423 g/mol. The number of aromatic nitrogens is 1. The van der Waals surface area contributed by atoms with E-state index in [1.165, 1.54) is 23.1 Å². The van der Waals surface area contributed by atoms with Gasteiger partial charge < -0.3 is 11.1 Å². The number of nitrogen functional groups attached to an aromatic ring is 1. The summed E-state index contributed by atoms with van der Waals surface area (Å²) in [5.74, 6) is -0.125. The van der Waals surface area contributed by atoms with E-state index >= 15 is 0 Å². The van der Waals surface area contributed by atoms with Crippen LogP contribution in [0.2, 0.25) is 10.0 Å². The van der Waals surface area contributed by atoms with Gasteiger partial charge in [0.15, 0.2) is 5.13 Å². The molecule has 0 radical (unpaired) electrons. The second kappa shape index (κ2) is 8.31. The highest BCUT2D eigenvalue weighted by atomic mass is 35.5. The first kappa shape index (κ1) is 19.0. The van der Waals surface area contributed by atoms with Crippen LogP contribution in [0.3, 0.4) is 0 Å². The van der Waals surface area contributed by atoms with Crippen molar-refractivity contribution >= 4 is 63.0 Å². The number of anilines is 2. The Morgan fingerprint density at radius 3 is 2.81 bits per heavy atom. The molecule has 1 heterocycles. The van der Waals surface area contributed by atoms with E-state index in [1.54, 1.807) is 12.1 Å². The molecule has 26 heavy (non-hydrogen) atoms. The molecule has 0 saturated carbocycles. The molecular weight excluding hydrogens is 409 g/mol. The number of amides is 1. The molecule has 3 rings (SSSR count). The summed E-state index contributed by atoms with van der Waals surface area (Å²) in [6.07, 6.45) is 0. The van der Waals surface area contributed by atoms with Gasteiger partial charge in [-0.2, -0.15) is 0 Å². The molecule has 1 amide bonds. The third-order valence-electron chi connectivity index (χ3n) is 3.48. The van der Waals surface area contributed by atoms with Crippen LogP contribution < -0.4 is 11.1 Å². The molecule has 134 valence electrons.